The maximum atomic E-state index is 12.8. The van der Waals surface area contributed by atoms with Gasteiger partial charge in [-0.25, -0.2) is 0 Å². The molecule has 1 N–H and O–H groups in total. The van der Waals surface area contributed by atoms with Gasteiger partial charge in [0.15, 0.2) is 0 Å². The maximum absolute atomic E-state index is 12.8. The minimum absolute atomic E-state index is 0.0292. The summed E-state index contributed by atoms with van der Waals surface area (Å²) < 4.78 is 11.2. The Kier molecular flexibility index (Phi) is 7.23. The van der Waals surface area contributed by atoms with Gasteiger partial charge < -0.3 is 14.8 Å². The average molecular weight is 353 g/mol. The Hall–Kier alpha value is -2.17. The Morgan fingerprint density at radius 3 is 2.31 bits per heavy atom. The SMILES string of the molecule is O=C(NCCCOCC1CCCO1)C(c1ccccc1)c1ccccc1. The molecular weight excluding hydrogens is 326 g/mol. The molecule has 1 amide bonds. The Morgan fingerprint density at radius 1 is 1.08 bits per heavy atom. The van der Waals surface area contributed by atoms with Crippen LogP contribution in [0.1, 0.15) is 36.3 Å². The standard InChI is InChI=1S/C22H27NO3/c24-22(23-14-8-15-25-17-20-13-7-16-26-20)21(18-9-3-1-4-10-18)19-11-5-2-6-12-19/h1-6,9-12,20-21H,7-8,13-17H2,(H,23,24). The lowest BCUT2D eigenvalue weighted by Gasteiger charge is -2.18. The van der Waals surface area contributed by atoms with E-state index in [9.17, 15) is 4.79 Å². The molecule has 0 bridgehead atoms. The first-order chi connectivity index (χ1) is 12.8. The molecule has 26 heavy (non-hydrogen) atoms. The normalized spacial score (nSPS) is 16.7. The van der Waals surface area contributed by atoms with Crippen LogP contribution in [0, 0.1) is 0 Å². The molecule has 138 valence electrons. The second-order valence-corrected chi connectivity index (χ2v) is 6.61. The van der Waals surface area contributed by atoms with Gasteiger partial charge in [-0.1, -0.05) is 60.7 Å². The van der Waals surface area contributed by atoms with Crippen LogP contribution in [-0.2, 0) is 14.3 Å². The van der Waals surface area contributed by atoms with Crippen molar-refractivity contribution in [3.05, 3.63) is 71.8 Å². The van der Waals surface area contributed by atoms with E-state index in [4.69, 9.17) is 9.47 Å². The van der Waals surface area contributed by atoms with Crippen LogP contribution in [0.4, 0.5) is 0 Å². The van der Waals surface area contributed by atoms with Gasteiger partial charge in [-0.15, -0.1) is 0 Å². The highest BCUT2D eigenvalue weighted by Gasteiger charge is 2.22. The van der Waals surface area contributed by atoms with Gasteiger partial charge in [0.25, 0.3) is 0 Å². The molecule has 1 aliphatic rings. The number of amides is 1. The maximum Gasteiger partial charge on any atom is 0.232 e. The monoisotopic (exact) mass is 353 g/mol. The third kappa shape index (κ3) is 5.41. The summed E-state index contributed by atoms with van der Waals surface area (Å²) >= 11 is 0. The van der Waals surface area contributed by atoms with E-state index in [2.05, 4.69) is 5.32 Å². The van der Waals surface area contributed by atoms with E-state index in [1.165, 1.54) is 0 Å². The third-order valence-corrected chi connectivity index (χ3v) is 4.62. The van der Waals surface area contributed by atoms with E-state index in [0.717, 1.165) is 37.0 Å². The van der Waals surface area contributed by atoms with Gasteiger partial charge >= 0.3 is 0 Å². The van der Waals surface area contributed by atoms with E-state index in [1.54, 1.807) is 0 Å². The smallest absolute Gasteiger partial charge is 0.232 e. The van der Waals surface area contributed by atoms with E-state index >= 15 is 0 Å². The van der Waals surface area contributed by atoms with Crippen LogP contribution in [0.15, 0.2) is 60.7 Å². The Balaban J connectivity index is 1.48. The minimum atomic E-state index is -0.287. The van der Waals surface area contributed by atoms with Gasteiger partial charge in [0.05, 0.1) is 18.6 Å². The van der Waals surface area contributed by atoms with Gasteiger partial charge in [-0.3, -0.25) is 4.79 Å². The highest BCUT2D eigenvalue weighted by molar-refractivity contribution is 5.87. The number of ether oxygens (including phenoxy) is 2. The van der Waals surface area contributed by atoms with Crippen molar-refractivity contribution in [1.29, 1.82) is 0 Å². The Bertz CT molecular complexity index is 614. The van der Waals surface area contributed by atoms with Crippen molar-refractivity contribution in [3.63, 3.8) is 0 Å². The summed E-state index contributed by atoms with van der Waals surface area (Å²) in [5.41, 5.74) is 2.01. The molecule has 3 rings (SSSR count). The summed E-state index contributed by atoms with van der Waals surface area (Å²) in [6.45, 7) is 2.76. The van der Waals surface area contributed by atoms with Crippen molar-refractivity contribution in [2.24, 2.45) is 0 Å². The summed E-state index contributed by atoms with van der Waals surface area (Å²) in [6, 6.07) is 19.8. The topological polar surface area (TPSA) is 47.6 Å². The number of hydrogen-bond acceptors (Lipinski definition) is 3. The number of nitrogens with one attached hydrogen (secondary N) is 1. The number of rotatable bonds is 9. The van der Waals surface area contributed by atoms with Crippen LogP contribution < -0.4 is 5.32 Å². The zero-order valence-corrected chi connectivity index (χ0v) is 15.1. The van der Waals surface area contributed by atoms with Gasteiger partial charge in [0.1, 0.15) is 0 Å². The van der Waals surface area contributed by atoms with Gasteiger partial charge in [0.2, 0.25) is 5.91 Å². The molecular formula is C22H27NO3. The van der Waals surface area contributed by atoms with Crippen LogP contribution in [0.25, 0.3) is 0 Å². The first-order valence-electron chi connectivity index (χ1n) is 9.41. The first-order valence-corrected chi connectivity index (χ1v) is 9.41. The largest absolute Gasteiger partial charge is 0.379 e. The minimum Gasteiger partial charge on any atom is -0.379 e. The molecule has 2 aromatic carbocycles. The molecule has 2 aromatic rings. The summed E-state index contributed by atoms with van der Waals surface area (Å²) in [5, 5.41) is 3.06. The molecule has 1 heterocycles. The van der Waals surface area contributed by atoms with E-state index in [1.807, 2.05) is 60.7 Å². The van der Waals surface area contributed by atoms with Crippen molar-refractivity contribution in [2.45, 2.75) is 31.3 Å². The molecule has 1 fully saturated rings. The zero-order chi connectivity index (χ0) is 18.0. The number of hydrogen-bond donors (Lipinski definition) is 1. The van der Waals surface area contributed by atoms with Crippen molar-refractivity contribution in [1.82, 2.24) is 5.32 Å². The Labute approximate surface area is 155 Å². The van der Waals surface area contributed by atoms with Crippen molar-refractivity contribution < 1.29 is 14.3 Å². The van der Waals surface area contributed by atoms with Crippen molar-refractivity contribution in [3.8, 4) is 0 Å². The zero-order valence-electron chi connectivity index (χ0n) is 15.1. The number of benzene rings is 2. The molecule has 4 nitrogen and oxygen atoms in total. The van der Waals surface area contributed by atoms with Crippen molar-refractivity contribution >= 4 is 5.91 Å². The second-order valence-electron chi connectivity index (χ2n) is 6.61. The Morgan fingerprint density at radius 2 is 1.73 bits per heavy atom. The highest BCUT2D eigenvalue weighted by atomic mass is 16.5. The van der Waals surface area contributed by atoms with Gasteiger partial charge in [-0.05, 0) is 30.4 Å². The molecule has 0 saturated carbocycles. The van der Waals surface area contributed by atoms with Crippen LogP contribution in [-0.4, -0.2) is 38.4 Å². The van der Waals surface area contributed by atoms with E-state index < -0.39 is 0 Å². The summed E-state index contributed by atoms with van der Waals surface area (Å²) in [4.78, 5) is 12.8. The fourth-order valence-electron chi connectivity index (χ4n) is 3.26. The molecule has 4 heteroatoms. The molecule has 1 atom stereocenters. The molecule has 1 unspecified atom stereocenters. The third-order valence-electron chi connectivity index (χ3n) is 4.62. The number of carbonyl (C=O) groups is 1. The van der Waals surface area contributed by atoms with Crippen LogP contribution in [0.3, 0.4) is 0 Å². The number of carbonyl (C=O) groups excluding carboxylic acids is 1. The van der Waals surface area contributed by atoms with Crippen LogP contribution >= 0.6 is 0 Å². The quantitative estimate of drug-likeness (QED) is 0.702. The molecule has 1 aliphatic heterocycles. The van der Waals surface area contributed by atoms with E-state index in [-0.39, 0.29) is 17.9 Å². The molecule has 0 spiro atoms. The predicted molar refractivity (Wildman–Crippen MR) is 102 cm³/mol. The lowest BCUT2D eigenvalue weighted by atomic mass is 9.90. The van der Waals surface area contributed by atoms with Crippen LogP contribution in [0.5, 0.6) is 0 Å². The summed E-state index contributed by atoms with van der Waals surface area (Å²) in [5.74, 6) is -0.258. The van der Waals surface area contributed by atoms with Crippen molar-refractivity contribution in [2.75, 3.05) is 26.4 Å². The fraction of sp³-hybridized carbons (Fsp3) is 0.409. The summed E-state index contributed by atoms with van der Waals surface area (Å²) in [7, 11) is 0. The highest BCUT2D eigenvalue weighted by Crippen LogP contribution is 2.24. The van der Waals surface area contributed by atoms with Gasteiger partial charge in [0, 0.05) is 19.8 Å². The molecule has 1 saturated heterocycles. The lowest BCUT2D eigenvalue weighted by Crippen LogP contribution is -2.31. The summed E-state index contributed by atoms with van der Waals surface area (Å²) in [6.07, 6.45) is 3.27. The molecule has 0 radical (unpaired) electrons. The van der Waals surface area contributed by atoms with Crippen LogP contribution in [0.2, 0.25) is 0 Å². The second kappa shape index (κ2) is 10.1. The average Bonchev–Trinajstić information content (AvgIpc) is 3.20. The fourth-order valence-corrected chi connectivity index (χ4v) is 3.26. The lowest BCUT2D eigenvalue weighted by molar-refractivity contribution is -0.121. The van der Waals surface area contributed by atoms with E-state index in [0.29, 0.717) is 19.8 Å². The predicted octanol–water partition coefficient (Wildman–Crippen LogP) is 3.52. The molecule has 0 aromatic heterocycles. The molecule has 0 aliphatic carbocycles. The first kappa shape index (κ1) is 18.6. The van der Waals surface area contributed by atoms with Gasteiger partial charge in [-0.2, -0.15) is 0 Å².